The van der Waals surface area contributed by atoms with Crippen molar-refractivity contribution >= 4 is 34.2 Å². The first-order valence-electron chi connectivity index (χ1n) is 5.02. The molecule has 1 aromatic carbocycles. The van der Waals surface area contributed by atoms with Gasteiger partial charge in [0.15, 0.2) is 0 Å². The van der Waals surface area contributed by atoms with Crippen LogP contribution in [0, 0.1) is 0 Å². The molecule has 90 valence electrons. The molecule has 2 nitrogen and oxygen atoms in total. The number of ether oxygens (including phenoxy) is 2. The lowest BCUT2D eigenvalue weighted by Gasteiger charge is -2.25. The lowest BCUT2D eigenvalue weighted by Crippen LogP contribution is -2.32. The topological polar surface area (TPSA) is 18.5 Å². The molecule has 0 aliphatic heterocycles. The van der Waals surface area contributed by atoms with Gasteiger partial charge in [-0.15, -0.1) is 11.6 Å². The van der Waals surface area contributed by atoms with Crippen molar-refractivity contribution in [2.75, 3.05) is 17.4 Å². The van der Waals surface area contributed by atoms with Gasteiger partial charge in [-0.05, 0) is 24.6 Å². The average molecular weight is 355 g/mol. The van der Waals surface area contributed by atoms with Gasteiger partial charge < -0.3 is 9.47 Å². The maximum Gasteiger partial charge on any atom is 0.119 e. The molecule has 0 aromatic heterocycles. The number of benzene rings is 1. The molecule has 0 radical (unpaired) electrons. The van der Waals surface area contributed by atoms with Crippen LogP contribution in [0.2, 0.25) is 0 Å². The van der Waals surface area contributed by atoms with Gasteiger partial charge in [0, 0.05) is 4.43 Å². The van der Waals surface area contributed by atoms with Crippen LogP contribution in [0.3, 0.4) is 0 Å². The van der Waals surface area contributed by atoms with Crippen molar-refractivity contribution in [2.45, 2.75) is 19.1 Å². The summed E-state index contributed by atoms with van der Waals surface area (Å²) in [6, 6.07) is 7.87. The fraction of sp³-hybridized carbons (Fsp3) is 0.500. The Morgan fingerprint density at radius 1 is 1.44 bits per heavy atom. The molecule has 0 spiro atoms. The molecule has 1 unspecified atom stereocenters. The molecule has 0 saturated heterocycles. The highest BCUT2D eigenvalue weighted by atomic mass is 127. The minimum Gasteiger partial charge on any atom is -0.497 e. The second-order valence-electron chi connectivity index (χ2n) is 3.86. The van der Waals surface area contributed by atoms with Crippen LogP contribution in [0.1, 0.15) is 12.5 Å². The monoisotopic (exact) mass is 354 g/mol. The molecule has 1 aromatic rings. The standard InChI is InChI=1S/C12H16ClIO2/c1-12(8-13,9-14)16-7-10-4-3-5-11(6-10)15-2/h3-6H,7-9H2,1-2H3. The largest absolute Gasteiger partial charge is 0.497 e. The predicted molar refractivity (Wildman–Crippen MR) is 75.8 cm³/mol. The summed E-state index contributed by atoms with van der Waals surface area (Å²) in [4.78, 5) is 0. The second-order valence-corrected chi connectivity index (χ2v) is 4.89. The van der Waals surface area contributed by atoms with E-state index in [4.69, 9.17) is 21.1 Å². The first-order valence-corrected chi connectivity index (χ1v) is 7.08. The summed E-state index contributed by atoms with van der Waals surface area (Å²) in [5, 5.41) is 0. The third-order valence-corrected chi connectivity index (χ3v) is 4.47. The fourth-order valence-corrected chi connectivity index (χ4v) is 2.11. The Kier molecular flexibility index (Phi) is 5.86. The van der Waals surface area contributed by atoms with E-state index in [9.17, 15) is 0 Å². The zero-order chi connectivity index (χ0) is 12.0. The van der Waals surface area contributed by atoms with Gasteiger partial charge in [-0.25, -0.2) is 0 Å². The quantitative estimate of drug-likeness (QED) is 0.573. The van der Waals surface area contributed by atoms with Crippen molar-refractivity contribution in [3.05, 3.63) is 29.8 Å². The average Bonchev–Trinajstić information content (AvgIpc) is 2.36. The molecule has 4 heteroatoms. The Bertz CT molecular complexity index is 327. The van der Waals surface area contributed by atoms with Gasteiger partial charge in [0.2, 0.25) is 0 Å². The number of alkyl halides is 2. The Balaban J connectivity index is 2.60. The molecule has 0 aliphatic rings. The van der Waals surface area contributed by atoms with Crippen LogP contribution in [-0.4, -0.2) is 23.0 Å². The number of rotatable bonds is 6. The fourth-order valence-electron chi connectivity index (χ4n) is 1.13. The van der Waals surface area contributed by atoms with Crippen molar-refractivity contribution < 1.29 is 9.47 Å². The van der Waals surface area contributed by atoms with E-state index >= 15 is 0 Å². The SMILES string of the molecule is COc1cccc(COC(C)(CCl)CI)c1. The maximum atomic E-state index is 5.88. The van der Waals surface area contributed by atoms with Crippen LogP contribution in [0.5, 0.6) is 5.75 Å². The van der Waals surface area contributed by atoms with Crippen LogP contribution < -0.4 is 4.74 Å². The number of hydrogen-bond acceptors (Lipinski definition) is 2. The zero-order valence-corrected chi connectivity index (χ0v) is 12.4. The van der Waals surface area contributed by atoms with Gasteiger partial charge in [-0.3, -0.25) is 0 Å². The third-order valence-electron chi connectivity index (χ3n) is 2.29. The first-order chi connectivity index (χ1) is 7.63. The minimum atomic E-state index is -0.259. The van der Waals surface area contributed by atoms with Crippen molar-refractivity contribution in [3.8, 4) is 5.75 Å². The third kappa shape index (κ3) is 4.11. The summed E-state index contributed by atoms with van der Waals surface area (Å²) >= 11 is 8.17. The Morgan fingerprint density at radius 3 is 2.75 bits per heavy atom. The van der Waals surface area contributed by atoms with Crippen molar-refractivity contribution in [1.29, 1.82) is 0 Å². The lowest BCUT2D eigenvalue weighted by molar-refractivity contribution is -0.00648. The molecule has 16 heavy (non-hydrogen) atoms. The number of hydrogen-bond donors (Lipinski definition) is 0. The predicted octanol–water partition coefficient (Wildman–Crippen LogP) is 3.64. The summed E-state index contributed by atoms with van der Waals surface area (Å²) in [5.41, 5.74) is 0.839. The van der Waals surface area contributed by atoms with Crippen molar-refractivity contribution in [2.24, 2.45) is 0 Å². The Hall–Kier alpha value is -0.000000000000000111. The van der Waals surface area contributed by atoms with Crippen molar-refractivity contribution in [3.63, 3.8) is 0 Å². The van der Waals surface area contributed by atoms with Gasteiger partial charge >= 0.3 is 0 Å². The van der Waals surface area contributed by atoms with Crippen LogP contribution >= 0.6 is 34.2 Å². The highest BCUT2D eigenvalue weighted by Gasteiger charge is 2.22. The van der Waals surface area contributed by atoms with E-state index in [-0.39, 0.29) is 5.60 Å². The summed E-state index contributed by atoms with van der Waals surface area (Å²) in [7, 11) is 1.66. The lowest BCUT2D eigenvalue weighted by atomic mass is 10.1. The molecular formula is C12H16ClIO2. The van der Waals surface area contributed by atoms with E-state index in [2.05, 4.69) is 22.6 Å². The summed E-state index contributed by atoms with van der Waals surface area (Å²) < 4.78 is 11.8. The summed E-state index contributed by atoms with van der Waals surface area (Å²) in [5.74, 6) is 1.35. The zero-order valence-electron chi connectivity index (χ0n) is 9.50. The van der Waals surface area contributed by atoms with Gasteiger partial charge in [0.1, 0.15) is 5.75 Å². The maximum absolute atomic E-state index is 5.88. The van der Waals surface area contributed by atoms with Crippen LogP contribution in [-0.2, 0) is 11.3 Å². The second kappa shape index (κ2) is 6.67. The molecule has 0 aliphatic carbocycles. The van der Waals surface area contributed by atoms with E-state index in [0.29, 0.717) is 12.5 Å². The molecule has 1 rings (SSSR count). The van der Waals surface area contributed by atoms with E-state index in [1.165, 1.54) is 0 Å². The van der Waals surface area contributed by atoms with Gasteiger partial charge in [-0.2, -0.15) is 0 Å². The number of halogens is 2. The van der Waals surface area contributed by atoms with Gasteiger partial charge in [0.25, 0.3) is 0 Å². The van der Waals surface area contributed by atoms with Gasteiger partial charge in [0.05, 0.1) is 25.2 Å². The van der Waals surface area contributed by atoms with Crippen molar-refractivity contribution in [1.82, 2.24) is 0 Å². The summed E-state index contributed by atoms with van der Waals surface area (Å²) in [6.45, 7) is 2.58. The van der Waals surface area contributed by atoms with E-state index < -0.39 is 0 Å². The molecule has 0 heterocycles. The minimum absolute atomic E-state index is 0.259. The molecule has 0 fully saturated rings. The first kappa shape index (κ1) is 14.1. The molecule has 0 bridgehead atoms. The molecule has 0 saturated carbocycles. The smallest absolute Gasteiger partial charge is 0.119 e. The Morgan fingerprint density at radius 2 is 2.19 bits per heavy atom. The normalized spacial score (nSPS) is 14.5. The van der Waals surface area contributed by atoms with E-state index in [1.54, 1.807) is 7.11 Å². The van der Waals surface area contributed by atoms with Crippen LogP contribution in [0.15, 0.2) is 24.3 Å². The number of methoxy groups -OCH3 is 1. The molecule has 1 atom stereocenters. The van der Waals surface area contributed by atoms with Crippen LogP contribution in [0.4, 0.5) is 0 Å². The Labute approximate surface area is 115 Å². The van der Waals surface area contributed by atoms with Crippen LogP contribution in [0.25, 0.3) is 0 Å². The highest BCUT2D eigenvalue weighted by Crippen LogP contribution is 2.20. The molecule has 0 N–H and O–H groups in total. The van der Waals surface area contributed by atoms with E-state index in [0.717, 1.165) is 15.7 Å². The molecular weight excluding hydrogens is 338 g/mol. The molecule has 0 amide bonds. The summed E-state index contributed by atoms with van der Waals surface area (Å²) in [6.07, 6.45) is 0. The van der Waals surface area contributed by atoms with E-state index in [1.807, 2.05) is 31.2 Å². The highest BCUT2D eigenvalue weighted by molar-refractivity contribution is 14.1. The van der Waals surface area contributed by atoms with Gasteiger partial charge in [-0.1, -0.05) is 34.7 Å².